The van der Waals surface area contributed by atoms with Crippen molar-refractivity contribution in [3.63, 3.8) is 0 Å². The van der Waals surface area contributed by atoms with Gasteiger partial charge in [-0.2, -0.15) is 5.26 Å². The lowest BCUT2D eigenvalue weighted by atomic mass is 10.1. The van der Waals surface area contributed by atoms with Gasteiger partial charge in [0.15, 0.2) is 5.56 Å². The van der Waals surface area contributed by atoms with Gasteiger partial charge in [0.25, 0.3) is 0 Å². The fourth-order valence-corrected chi connectivity index (χ4v) is 2.88. The molecule has 3 aromatic rings. The number of carbonyl (C=O) groups is 1. The van der Waals surface area contributed by atoms with Gasteiger partial charge in [-0.15, -0.1) is 0 Å². The summed E-state index contributed by atoms with van der Waals surface area (Å²) in [4.78, 5) is 25.9. The molecule has 7 heteroatoms. The fourth-order valence-electron chi connectivity index (χ4n) is 2.88. The van der Waals surface area contributed by atoms with Crippen molar-refractivity contribution in [3.8, 4) is 23.1 Å². The Kier molecular flexibility index (Phi) is 6.50. The number of phenols is 1. The van der Waals surface area contributed by atoms with E-state index < -0.39 is 11.6 Å². The molecule has 2 aromatic carbocycles. The zero-order valence-corrected chi connectivity index (χ0v) is 16.4. The maximum absolute atomic E-state index is 12.3. The van der Waals surface area contributed by atoms with Crippen LogP contribution in [-0.4, -0.2) is 31.3 Å². The molecule has 0 radical (unpaired) electrons. The average molecular weight is 404 g/mol. The van der Waals surface area contributed by atoms with Gasteiger partial charge in [0.05, 0.1) is 18.7 Å². The number of benzene rings is 2. The Morgan fingerprint density at radius 2 is 1.87 bits per heavy atom. The second-order valence-corrected chi connectivity index (χ2v) is 6.62. The molecule has 0 fully saturated rings. The number of nitriles is 1. The number of carbonyl (C=O) groups excluding carboxylic acids is 1. The van der Waals surface area contributed by atoms with E-state index >= 15 is 0 Å². The Bertz CT molecular complexity index is 1120. The van der Waals surface area contributed by atoms with Gasteiger partial charge in [0.2, 0.25) is 0 Å². The van der Waals surface area contributed by atoms with Crippen molar-refractivity contribution in [1.29, 1.82) is 5.26 Å². The first-order chi connectivity index (χ1) is 14.5. The number of hydrogen-bond acceptors (Lipinski definition) is 7. The minimum atomic E-state index is -0.718. The van der Waals surface area contributed by atoms with Crippen LogP contribution in [0.2, 0.25) is 0 Å². The zero-order valence-electron chi connectivity index (χ0n) is 16.4. The molecule has 30 heavy (non-hydrogen) atoms. The van der Waals surface area contributed by atoms with Crippen LogP contribution in [0.4, 0.5) is 5.69 Å². The lowest BCUT2D eigenvalue weighted by molar-refractivity contribution is -0.142. The summed E-state index contributed by atoms with van der Waals surface area (Å²) in [5.41, 5.74) is 1.03. The van der Waals surface area contributed by atoms with E-state index in [0.717, 1.165) is 5.56 Å². The normalized spacial score (nSPS) is 10.3. The van der Waals surface area contributed by atoms with Gasteiger partial charge < -0.3 is 19.2 Å². The number of ether oxygens (including phenoxy) is 1. The van der Waals surface area contributed by atoms with E-state index in [1.807, 2.05) is 24.3 Å². The number of esters is 1. The zero-order chi connectivity index (χ0) is 21.5. The van der Waals surface area contributed by atoms with Crippen LogP contribution >= 0.6 is 0 Å². The first-order valence-electron chi connectivity index (χ1n) is 9.26. The smallest absolute Gasteiger partial charge is 0.356 e. The van der Waals surface area contributed by atoms with E-state index in [2.05, 4.69) is 0 Å². The predicted molar refractivity (Wildman–Crippen MR) is 111 cm³/mol. The molecule has 7 nitrogen and oxygen atoms in total. The minimum absolute atomic E-state index is 0.0825. The maximum atomic E-state index is 12.3. The third-order valence-corrected chi connectivity index (χ3v) is 4.49. The molecule has 0 spiro atoms. The third kappa shape index (κ3) is 5.06. The van der Waals surface area contributed by atoms with Crippen LogP contribution in [0.1, 0.15) is 11.1 Å². The van der Waals surface area contributed by atoms with Crippen LogP contribution in [-0.2, 0) is 16.0 Å². The van der Waals surface area contributed by atoms with Crippen LogP contribution < -0.4 is 10.5 Å². The highest BCUT2D eigenvalue weighted by Gasteiger charge is 2.16. The molecule has 0 amide bonds. The molecule has 0 atom stereocenters. The van der Waals surface area contributed by atoms with Crippen molar-refractivity contribution in [2.45, 2.75) is 6.42 Å². The second-order valence-electron chi connectivity index (χ2n) is 6.62. The number of anilines is 1. The summed E-state index contributed by atoms with van der Waals surface area (Å²) in [6.07, 6.45) is 0.0838. The van der Waals surface area contributed by atoms with Crippen molar-refractivity contribution in [3.05, 3.63) is 82.2 Å². The molecule has 3 rings (SSSR count). The van der Waals surface area contributed by atoms with E-state index in [-0.39, 0.29) is 30.9 Å². The highest BCUT2D eigenvalue weighted by Crippen LogP contribution is 2.25. The summed E-state index contributed by atoms with van der Waals surface area (Å²) in [5, 5.41) is 18.6. The van der Waals surface area contributed by atoms with Crippen LogP contribution in [0.3, 0.4) is 0 Å². The van der Waals surface area contributed by atoms with Gasteiger partial charge in [-0.05, 0) is 17.7 Å². The van der Waals surface area contributed by atoms with Crippen molar-refractivity contribution in [1.82, 2.24) is 0 Å². The Morgan fingerprint density at radius 1 is 1.17 bits per heavy atom. The minimum Gasteiger partial charge on any atom is -0.508 e. The van der Waals surface area contributed by atoms with Gasteiger partial charge in [0.1, 0.15) is 24.2 Å². The fraction of sp³-hybridized carbons (Fsp3) is 0.174. The Balaban J connectivity index is 1.67. The topological polar surface area (TPSA) is 104 Å². The monoisotopic (exact) mass is 404 g/mol. The Labute approximate surface area is 173 Å². The molecule has 1 heterocycles. The lowest BCUT2D eigenvalue weighted by Crippen LogP contribution is -2.26. The number of likely N-dealkylation sites (N-methyl/N-ethyl adjacent to an activating group) is 1. The molecule has 0 bridgehead atoms. The molecular formula is C23H20N2O5. The molecule has 0 aliphatic heterocycles. The van der Waals surface area contributed by atoms with Crippen molar-refractivity contribution in [2.24, 2.45) is 0 Å². The summed E-state index contributed by atoms with van der Waals surface area (Å²) in [7, 11) is 1.71. The SMILES string of the molecule is CN(CCOC(=O)Cc1ccc(O)cc1)c1cc(-c2ccccc2)oc(=O)c1C#N. The number of aromatic hydroxyl groups is 1. The summed E-state index contributed by atoms with van der Waals surface area (Å²) in [6.45, 7) is 0.368. The van der Waals surface area contributed by atoms with Crippen LogP contribution in [0.15, 0.2) is 69.9 Å². The number of hydrogen-bond donors (Lipinski definition) is 1. The lowest BCUT2D eigenvalue weighted by Gasteiger charge is -2.20. The van der Waals surface area contributed by atoms with Crippen LogP contribution in [0.5, 0.6) is 5.75 Å². The van der Waals surface area contributed by atoms with E-state index in [9.17, 15) is 20.0 Å². The Hall–Kier alpha value is -4.05. The first kappa shape index (κ1) is 20.7. The Morgan fingerprint density at radius 3 is 2.53 bits per heavy atom. The predicted octanol–water partition coefficient (Wildman–Crippen LogP) is 3.11. The average Bonchev–Trinajstić information content (AvgIpc) is 2.75. The highest BCUT2D eigenvalue weighted by atomic mass is 16.5. The van der Waals surface area contributed by atoms with E-state index in [0.29, 0.717) is 17.0 Å². The second kappa shape index (κ2) is 9.43. The van der Waals surface area contributed by atoms with Gasteiger partial charge in [-0.1, -0.05) is 42.5 Å². The van der Waals surface area contributed by atoms with E-state index in [4.69, 9.17) is 9.15 Å². The number of nitrogens with zero attached hydrogens (tertiary/aromatic N) is 2. The number of phenolic OH excluding ortho intramolecular Hbond substituents is 1. The summed E-state index contributed by atoms with van der Waals surface area (Å²) in [5.74, 6) is 0.0715. The highest BCUT2D eigenvalue weighted by molar-refractivity contribution is 5.72. The van der Waals surface area contributed by atoms with Gasteiger partial charge in [0, 0.05) is 18.7 Å². The molecule has 1 aromatic heterocycles. The molecule has 0 unspecified atom stereocenters. The third-order valence-electron chi connectivity index (χ3n) is 4.49. The van der Waals surface area contributed by atoms with Gasteiger partial charge in [-0.3, -0.25) is 4.79 Å². The van der Waals surface area contributed by atoms with Crippen molar-refractivity contribution < 1.29 is 19.1 Å². The first-order valence-corrected chi connectivity index (χ1v) is 9.26. The molecule has 0 aliphatic carbocycles. The maximum Gasteiger partial charge on any atom is 0.356 e. The summed E-state index contributed by atoms with van der Waals surface area (Å²) < 4.78 is 10.5. The van der Waals surface area contributed by atoms with Crippen LogP contribution in [0.25, 0.3) is 11.3 Å². The van der Waals surface area contributed by atoms with Gasteiger partial charge in [-0.25, -0.2) is 4.79 Å². The van der Waals surface area contributed by atoms with Crippen molar-refractivity contribution in [2.75, 3.05) is 25.1 Å². The molecule has 0 aliphatic rings. The summed E-state index contributed by atoms with van der Waals surface area (Å²) >= 11 is 0. The number of rotatable bonds is 7. The van der Waals surface area contributed by atoms with Crippen LogP contribution in [0, 0.1) is 11.3 Å². The van der Waals surface area contributed by atoms with E-state index in [1.54, 1.807) is 42.3 Å². The standard InChI is InChI=1S/C23H20N2O5/c1-25(11-12-29-22(27)13-16-7-9-18(26)10-8-16)20-14-21(17-5-3-2-4-6-17)30-23(28)19(20)15-24/h2-10,14,26H,11-13H2,1H3. The quantitative estimate of drug-likeness (QED) is 0.604. The molecule has 0 saturated heterocycles. The van der Waals surface area contributed by atoms with Gasteiger partial charge >= 0.3 is 11.6 Å². The van der Waals surface area contributed by atoms with E-state index in [1.165, 1.54) is 12.1 Å². The molecule has 0 saturated carbocycles. The molecule has 1 N–H and O–H groups in total. The summed E-state index contributed by atoms with van der Waals surface area (Å²) in [6, 6.07) is 18.9. The van der Waals surface area contributed by atoms with Crippen molar-refractivity contribution >= 4 is 11.7 Å². The largest absolute Gasteiger partial charge is 0.508 e. The molecule has 152 valence electrons. The molecular weight excluding hydrogens is 384 g/mol.